The summed E-state index contributed by atoms with van der Waals surface area (Å²) in [6.45, 7) is 2.86. The highest BCUT2D eigenvalue weighted by atomic mass is 79.9. The zero-order valence-electron chi connectivity index (χ0n) is 14.0. The van der Waals surface area contributed by atoms with Gasteiger partial charge in [-0.15, -0.1) is 0 Å². The second-order valence-corrected chi connectivity index (χ2v) is 6.19. The van der Waals surface area contributed by atoms with Crippen LogP contribution in [0.15, 0.2) is 58.6 Å². The summed E-state index contributed by atoms with van der Waals surface area (Å²) < 4.78 is 6.40. The molecule has 0 fully saturated rings. The Bertz CT molecular complexity index is 795. The van der Waals surface area contributed by atoms with Crippen molar-refractivity contribution in [3.05, 3.63) is 69.7 Å². The van der Waals surface area contributed by atoms with E-state index in [2.05, 4.69) is 21.2 Å². The van der Waals surface area contributed by atoms with E-state index in [9.17, 15) is 10.1 Å². The molecular formula is C20H19BrN2O2. The van der Waals surface area contributed by atoms with Crippen molar-refractivity contribution in [3.8, 4) is 11.8 Å². The molecule has 4 nitrogen and oxygen atoms in total. The molecule has 128 valence electrons. The van der Waals surface area contributed by atoms with Gasteiger partial charge in [0.15, 0.2) is 0 Å². The standard InChI is InChI=1S/C20H19BrN2O2/c1-2-25-19-9-8-18(21)13-16(19)12-17(14-22)20(24)23-11-10-15-6-4-3-5-7-15/h3-9,12-13H,2,10-11H2,1H3,(H,23,24)/b17-12-. The number of benzene rings is 2. The summed E-state index contributed by atoms with van der Waals surface area (Å²) in [5.74, 6) is 0.247. The van der Waals surface area contributed by atoms with Crippen molar-refractivity contribution >= 4 is 27.9 Å². The molecule has 1 N–H and O–H groups in total. The van der Waals surface area contributed by atoms with E-state index in [1.807, 2.05) is 61.5 Å². The predicted octanol–water partition coefficient (Wildman–Crippen LogP) is 4.11. The topological polar surface area (TPSA) is 62.1 Å². The minimum atomic E-state index is -0.388. The Morgan fingerprint density at radius 3 is 2.72 bits per heavy atom. The van der Waals surface area contributed by atoms with Gasteiger partial charge >= 0.3 is 0 Å². The molecule has 5 heteroatoms. The van der Waals surface area contributed by atoms with Crippen LogP contribution in [0.2, 0.25) is 0 Å². The number of amides is 1. The molecule has 0 radical (unpaired) electrons. The largest absolute Gasteiger partial charge is 0.493 e. The maximum Gasteiger partial charge on any atom is 0.261 e. The number of hydrogen-bond acceptors (Lipinski definition) is 3. The Morgan fingerprint density at radius 1 is 1.28 bits per heavy atom. The van der Waals surface area contributed by atoms with Gasteiger partial charge in [0.05, 0.1) is 6.61 Å². The highest BCUT2D eigenvalue weighted by Gasteiger charge is 2.11. The maximum absolute atomic E-state index is 12.3. The van der Waals surface area contributed by atoms with E-state index in [1.165, 1.54) is 0 Å². The van der Waals surface area contributed by atoms with Gasteiger partial charge in [-0.25, -0.2) is 0 Å². The number of rotatable bonds is 7. The van der Waals surface area contributed by atoms with Crippen molar-refractivity contribution in [2.24, 2.45) is 0 Å². The number of carbonyl (C=O) groups is 1. The number of hydrogen-bond donors (Lipinski definition) is 1. The molecule has 2 aromatic rings. The number of carbonyl (C=O) groups excluding carboxylic acids is 1. The Balaban J connectivity index is 2.08. The van der Waals surface area contributed by atoms with Gasteiger partial charge in [-0.1, -0.05) is 46.3 Å². The third-order valence-corrected chi connectivity index (χ3v) is 3.97. The van der Waals surface area contributed by atoms with Gasteiger partial charge in [-0.3, -0.25) is 4.79 Å². The molecule has 25 heavy (non-hydrogen) atoms. The highest BCUT2D eigenvalue weighted by molar-refractivity contribution is 9.10. The van der Waals surface area contributed by atoms with Crippen LogP contribution >= 0.6 is 15.9 Å². The van der Waals surface area contributed by atoms with Gasteiger partial charge in [0, 0.05) is 16.6 Å². The molecule has 0 aliphatic heterocycles. The van der Waals surface area contributed by atoms with Crippen molar-refractivity contribution in [3.63, 3.8) is 0 Å². The van der Waals surface area contributed by atoms with Crippen molar-refractivity contribution in [2.75, 3.05) is 13.2 Å². The Labute approximate surface area is 156 Å². The molecule has 0 spiro atoms. The first-order valence-corrected chi connectivity index (χ1v) is 8.79. The zero-order valence-corrected chi connectivity index (χ0v) is 15.5. The molecule has 2 rings (SSSR count). The summed E-state index contributed by atoms with van der Waals surface area (Å²) in [5, 5.41) is 12.1. The van der Waals surface area contributed by atoms with Crippen LogP contribution < -0.4 is 10.1 Å². The summed E-state index contributed by atoms with van der Waals surface area (Å²) in [6, 6.07) is 17.3. The van der Waals surface area contributed by atoms with E-state index >= 15 is 0 Å². The molecule has 0 saturated heterocycles. The van der Waals surface area contributed by atoms with E-state index in [0.29, 0.717) is 30.9 Å². The molecule has 0 aliphatic rings. The summed E-state index contributed by atoms with van der Waals surface area (Å²) in [4.78, 5) is 12.3. The first kappa shape index (κ1) is 18.8. The second kappa shape index (κ2) is 9.65. The molecule has 2 aromatic carbocycles. The number of nitrogens with one attached hydrogen (secondary N) is 1. The van der Waals surface area contributed by atoms with Gasteiger partial charge in [0.1, 0.15) is 17.4 Å². The molecule has 0 atom stereocenters. The van der Waals surface area contributed by atoms with E-state index in [0.717, 1.165) is 10.0 Å². The van der Waals surface area contributed by atoms with Crippen molar-refractivity contribution < 1.29 is 9.53 Å². The quantitative estimate of drug-likeness (QED) is 0.563. The monoisotopic (exact) mass is 398 g/mol. The summed E-state index contributed by atoms with van der Waals surface area (Å²) >= 11 is 3.40. The SMILES string of the molecule is CCOc1ccc(Br)cc1/C=C(/C#N)C(=O)NCCc1ccccc1. The van der Waals surface area contributed by atoms with E-state index in [4.69, 9.17) is 4.74 Å². The van der Waals surface area contributed by atoms with Crippen molar-refractivity contribution in [1.29, 1.82) is 5.26 Å². The smallest absolute Gasteiger partial charge is 0.261 e. The average Bonchev–Trinajstić information content (AvgIpc) is 2.62. The summed E-state index contributed by atoms with van der Waals surface area (Å²) in [5.41, 5.74) is 1.87. The van der Waals surface area contributed by atoms with Crippen LogP contribution in [0.25, 0.3) is 6.08 Å². The minimum absolute atomic E-state index is 0.0483. The molecule has 0 bridgehead atoms. The van der Waals surface area contributed by atoms with Crippen molar-refractivity contribution in [2.45, 2.75) is 13.3 Å². The molecule has 0 unspecified atom stereocenters. The first-order chi connectivity index (χ1) is 12.1. The molecule has 0 aromatic heterocycles. The van der Waals surface area contributed by atoms with Crippen LogP contribution in [-0.4, -0.2) is 19.1 Å². The second-order valence-electron chi connectivity index (χ2n) is 5.28. The number of ether oxygens (including phenoxy) is 1. The molecule has 0 aliphatic carbocycles. The molecule has 1 amide bonds. The minimum Gasteiger partial charge on any atom is -0.493 e. The molecular weight excluding hydrogens is 380 g/mol. The summed E-state index contributed by atoms with van der Waals surface area (Å²) in [7, 11) is 0. The fourth-order valence-electron chi connectivity index (χ4n) is 2.28. The van der Waals surface area contributed by atoms with E-state index < -0.39 is 0 Å². The third kappa shape index (κ3) is 5.77. The van der Waals surface area contributed by atoms with E-state index in [1.54, 1.807) is 6.08 Å². The first-order valence-electron chi connectivity index (χ1n) is 8.00. The van der Waals surface area contributed by atoms with Gasteiger partial charge in [-0.2, -0.15) is 5.26 Å². The lowest BCUT2D eigenvalue weighted by Crippen LogP contribution is -2.26. The van der Waals surface area contributed by atoms with Gasteiger partial charge < -0.3 is 10.1 Å². The third-order valence-electron chi connectivity index (χ3n) is 3.48. The van der Waals surface area contributed by atoms with Gasteiger partial charge in [0.2, 0.25) is 0 Å². The Morgan fingerprint density at radius 2 is 2.04 bits per heavy atom. The van der Waals surface area contributed by atoms with Gasteiger partial charge in [0.25, 0.3) is 5.91 Å². The molecule has 0 heterocycles. The Hall–Kier alpha value is -2.58. The summed E-state index contributed by atoms with van der Waals surface area (Å²) in [6.07, 6.45) is 2.26. The fraction of sp³-hybridized carbons (Fsp3) is 0.200. The average molecular weight is 399 g/mol. The normalized spacial score (nSPS) is 10.8. The zero-order chi connectivity index (χ0) is 18.1. The van der Waals surface area contributed by atoms with E-state index in [-0.39, 0.29) is 11.5 Å². The lowest BCUT2D eigenvalue weighted by Gasteiger charge is -2.09. The van der Waals surface area contributed by atoms with Crippen LogP contribution in [0.1, 0.15) is 18.1 Å². The number of halogens is 1. The number of nitriles is 1. The van der Waals surface area contributed by atoms with Crippen LogP contribution in [0.4, 0.5) is 0 Å². The maximum atomic E-state index is 12.3. The van der Waals surface area contributed by atoms with Crippen LogP contribution in [0.5, 0.6) is 5.75 Å². The fourth-order valence-corrected chi connectivity index (χ4v) is 2.66. The lowest BCUT2D eigenvalue weighted by molar-refractivity contribution is -0.117. The Kier molecular flexibility index (Phi) is 7.24. The molecule has 0 saturated carbocycles. The van der Waals surface area contributed by atoms with Crippen LogP contribution in [0.3, 0.4) is 0 Å². The number of nitrogens with zero attached hydrogens (tertiary/aromatic N) is 1. The predicted molar refractivity (Wildman–Crippen MR) is 102 cm³/mol. The van der Waals surface area contributed by atoms with Crippen molar-refractivity contribution in [1.82, 2.24) is 5.32 Å². The van der Waals surface area contributed by atoms with Crippen LogP contribution in [-0.2, 0) is 11.2 Å². The van der Waals surface area contributed by atoms with Gasteiger partial charge in [-0.05, 0) is 43.2 Å². The van der Waals surface area contributed by atoms with Crippen LogP contribution in [0, 0.1) is 11.3 Å². The highest BCUT2D eigenvalue weighted by Crippen LogP contribution is 2.25. The lowest BCUT2D eigenvalue weighted by atomic mass is 10.1.